The van der Waals surface area contributed by atoms with E-state index in [0.717, 1.165) is 22.6 Å². The summed E-state index contributed by atoms with van der Waals surface area (Å²) < 4.78 is 5.66. The fraction of sp³-hybridized carbons (Fsp3) is 0.0556. The molecule has 3 nitrogen and oxygen atoms in total. The molecule has 4 heteroatoms. The van der Waals surface area contributed by atoms with Crippen LogP contribution >= 0.6 is 11.6 Å². The predicted molar refractivity (Wildman–Crippen MR) is 89.3 cm³/mol. The summed E-state index contributed by atoms with van der Waals surface area (Å²) in [5, 5.41) is 2.86. The molecule has 2 aromatic carbocycles. The number of hydrogen-bond acceptors (Lipinski definition) is 2. The first-order valence-corrected chi connectivity index (χ1v) is 7.30. The van der Waals surface area contributed by atoms with Gasteiger partial charge >= 0.3 is 0 Å². The summed E-state index contributed by atoms with van der Waals surface area (Å²) >= 11 is 5.71. The number of carbonyl (C=O) groups excluding carboxylic acids is 1. The first-order chi connectivity index (χ1) is 10.8. The van der Waals surface area contributed by atoms with Crippen molar-refractivity contribution < 1.29 is 9.53 Å². The third kappa shape index (κ3) is 3.21. The van der Waals surface area contributed by atoms with E-state index >= 15 is 0 Å². The molecule has 0 aliphatic carbocycles. The second-order valence-electron chi connectivity index (χ2n) is 4.88. The van der Waals surface area contributed by atoms with E-state index in [1.807, 2.05) is 42.5 Å². The van der Waals surface area contributed by atoms with Crippen LogP contribution in [0.4, 0.5) is 5.69 Å². The molecule has 1 amide bonds. The summed E-state index contributed by atoms with van der Waals surface area (Å²) in [6, 6.07) is 14.7. The lowest BCUT2D eigenvalue weighted by Crippen LogP contribution is -2.12. The Labute approximate surface area is 133 Å². The van der Waals surface area contributed by atoms with Crippen molar-refractivity contribution >= 4 is 29.3 Å². The third-order valence-corrected chi connectivity index (χ3v) is 3.60. The molecule has 0 atom stereocenters. The number of para-hydroxylation sites is 1. The first-order valence-electron chi connectivity index (χ1n) is 6.87. The fourth-order valence-corrected chi connectivity index (χ4v) is 2.29. The average Bonchev–Trinajstić information content (AvgIpc) is 2.77. The van der Waals surface area contributed by atoms with Gasteiger partial charge in [0.15, 0.2) is 0 Å². The molecule has 0 bridgehead atoms. The van der Waals surface area contributed by atoms with Gasteiger partial charge in [-0.2, -0.15) is 0 Å². The highest BCUT2D eigenvalue weighted by atomic mass is 35.5. The molecule has 1 aliphatic heterocycles. The van der Waals surface area contributed by atoms with Crippen LogP contribution in [0.5, 0.6) is 5.75 Å². The van der Waals surface area contributed by atoms with Crippen LogP contribution in [0, 0.1) is 0 Å². The summed E-state index contributed by atoms with van der Waals surface area (Å²) in [5.41, 5.74) is 4.57. The Morgan fingerprint density at radius 2 is 1.95 bits per heavy atom. The number of anilines is 1. The Kier molecular flexibility index (Phi) is 4.26. The van der Waals surface area contributed by atoms with E-state index in [1.165, 1.54) is 5.54 Å². The van der Waals surface area contributed by atoms with E-state index in [2.05, 4.69) is 5.32 Å². The number of rotatable bonds is 2. The van der Waals surface area contributed by atoms with Gasteiger partial charge < -0.3 is 10.1 Å². The molecule has 1 N–H and O–H groups in total. The molecular weight excluding hydrogens is 298 g/mol. The largest absolute Gasteiger partial charge is 0.488 e. The SMILES string of the molecule is O=C(Nc1ccccc1)c1ccc2c(c1)C=C/C(=C/Cl)CO2. The Bertz CT molecular complexity index is 751. The van der Waals surface area contributed by atoms with Gasteiger partial charge in [-0.05, 0) is 30.3 Å². The zero-order chi connectivity index (χ0) is 15.4. The predicted octanol–water partition coefficient (Wildman–Crippen LogP) is 4.47. The number of carbonyl (C=O) groups is 1. The van der Waals surface area contributed by atoms with Crippen LogP contribution in [0.2, 0.25) is 0 Å². The van der Waals surface area contributed by atoms with E-state index in [9.17, 15) is 4.79 Å². The minimum atomic E-state index is -0.153. The number of nitrogens with one attached hydrogen (secondary N) is 1. The van der Waals surface area contributed by atoms with Crippen LogP contribution in [0.15, 0.2) is 65.7 Å². The average molecular weight is 312 g/mol. The zero-order valence-corrected chi connectivity index (χ0v) is 12.5. The summed E-state index contributed by atoms with van der Waals surface area (Å²) in [7, 11) is 0. The van der Waals surface area contributed by atoms with Crippen LogP contribution in [0.3, 0.4) is 0 Å². The van der Waals surface area contributed by atoms with Gasteiger partial charge in [-0.15, -0.1) is 0 Å². The number of ether oxygens (including phenoxy) is 1. The smallest absolute Gasteiger partial charge is 0.255 e. The quantitative estimate of drug-likeness (QED) is 0.888. The molecule has 0 aromatic heterocycles. The number of benzene rings is 2. The van der Waals surface area contributed by atoms with Gasteiger partial charge in [0.25, 0.3) is 5.91 Å². The van der Waals surface area contributed by atoms with Crippen LogP contribution in [0.1, 0.15) is 15.9 Å². The van der Waals surface area contributed by atoms with Crippen molar-refractivity contribution in [2.75, 3.05) is 11.9 Å². The van der Waals surface area contributed by atoms with Gasteiger partial charge in [0.2, 0.25) is 0 Å². The molecule has 0 spiro atoms. The fourth-order valence-electron chi connectivity index (χ4n) is 2.15. The maximum Gasteiger partial charge on any atom is 0.255 e. The van der Waals surface area contributed by atoms with Gasteiger partial charge in [0, 0.05) is 27.9 Å². The zero-order valence-electron chi connectivity index (χ0n) is 11.8. The van der Waals surface area contributed by atoms with Gasteiger partial charge in [-0.3, -0.25) is 4.79 Å². The topological polar surface area (TPSA) is 38.3 Å². The van der Waals surface area contributed by atoms with Crippen molar-refractivity contribution in [2.45, 2.75) is 0 Å². The monoisotopic (exact) mass is 311 g/mol. The Morgan fingerprint density at radius 3 is 2.73 bits per heavy atom. The van der Waals surface area contributed by atoms with E-state index < -0.39 is 0 Å². The number of hydrogen-bond donors (Lipinski definition) is 1. The highest BCUT2D eigenvalue weighted by Crippen LogP contribution is 2.26. The Morgan fingerprint density at radius 1 is 1.14 bits per heavy atom. The standard InChI is InChI=1S/C18H14ClNO2/c19-11-13-6-7-14-10-15(8-9-17(14)22-12-13)18(21)20-16-4-2-1-3-5-16/h1-11H,12H2,(H,20,21)/b13-11-. The van der Waals surface area contributed by atoms with Gasteiger partial charge in [0.1, 0.15) is 12.4 Å². The van der Waals surface area contributed by atoms with Crippen LogP contribution in [-0.4, -0.2) is 12.5 Å². The molecule has 0 saturated heterocycles. The van der Waals surface area contributed by atoms with Crippen molar-refractivity contribution in [1.29, 1.82) is 0 Å². The molecule has 0 unspecified atom stereocenters. The molecule has 0 saturated carbocycles. The molecule has 0 radical (unpaired) electrons. The van der Waals surface area contributed by atoms with Crippen molar-refractivity contribution in [2.24, 2.45) is 0 Å². The highest BCUT2D eigenvalue weighted by molar-refractivity contribution is 6.25. The van der Waals surface area contributed by atoms with Crippen molar-refractivity contribution in [3.63, 3.8) is 0 Å². The van der Waals surface area contributed by atoms with E-state index in [0.29, 0.717) is 12.2 Å². The molecular formula is C18H14ClNO2. The third-order valence-electron chi connectivity index (χ3n) is 3.32. The summed E-state index contributed by atoms with van der Waals surface area (Å²) in [5.74, 6) is 0.584. The number of amides is 1. The molecule has 1 heterocycles. The van der Waals surface area contributed by atoms with Gasteiger partial charge in [-0.1, -0.05) is 42.0 Å². The van der Waals surface area contributed by atoms with Crippen LogP contribution < -0.4 is 10.1 Å². The number of fused-ring (bicyclic) bond motifs is 1. The van der Waals surface area contributed by atoms with Crippen molar-refractivity contribution in [3.05, 3.63) is 76.8 Å². The van der Waals surface area contributed by atoms with Crippen molar-refractivity contribution in [1.82, 2.24) is 0 Å². The van der Waals surface area contributed by atoms with E-state index in [1.54, 1.807) is 18.2 Å². The molecule has 110 valence electrons. The maximum absolute atomic E-state index is 12.3. The summed E-state index contributed by atoms with van der Waals surface area (Å²) in [4.78, 5) is 12.3. The lowest BCUT2D eigenvalue weighted by atomic mass is 10.1. The van der Waals surface area contributed by atoms with E-state index in [4.69, 9.17) is 16.3 Å². The lowest BCUT2D eigenvalue weighted by molar-refractivity contribution is 0.102. The molecule has 3 rings (SSSR count). The minimum absolute atomic E-state index is 0.153. The van der Waals surface area contributed by atoms with Gasteiger partial charge in [-0.25, -0.2) is 0 Å². The first kappa shape index (κ1) is 14.4. The summed E-state index contributed by atoms with van der Waals surface area (Å²) in [6.07, 6.45) is 3.79. The normalized spacial score (nSPS) is 14.9. The molecule has 22 heavy (non-hydrogen) atoms. The van der Waals surface area contributed by atoms with Crippen molar-refractivity contribution in [3.8, 4) is 5.75 Å². The second kappa shape index (κ2) is 6.50. The minimum Gasteiger partial charge on any atom is -0.488 e. The maximum atomic E-state index is 12.3. The second-order valence-corrected chi connectivity index (χ2v) is 5.10. The number of halogens is 1. The Hall–Kier alpha value is -2.52. The lowest BCUT2D eigenvalue weighted by Gasteiger charge is -2.09. The Balaban J connectivity index is 1.84. The van der Waals surface area contributed by atoms with Crippen LogP contribution in [0.25, 0.3) is 6.08 Å². The molecule has 1 aliphatic rings. The van der Waals surface area contributed by atoms with E-state index in [-0.39, 0.29) is 5.91 Å². The highest BCUT2D eigenvalue weighted by Gasteiger charge is 2.12. The van der Waals surface area contributed by atoms with Gasteiger partial charge in [0.05, 0.1) is 0 Å². The summed E-state index contributed by atoms with van der Waals surface area (Å²) in [6.45, 7) is 0.419. The van der Waals surface area contributed by atoms with Crippen LogP contribution in [-0.2, 0) is 0 Å². The molecule has 2 aromatic rings. The molecule has 0 fully saturated rings.